The van der Waals surface area contributed by atoms with Crippen molar-refractivity contribution in [3.63, 3.8) is 0 Å². The lowest BCUT2D eigenvalue weighted by Gasteiger charge is -2.12. The third-order valence-corrected chi connectivity index (χ3v) is 3.46. The second-order valence-electron chi connectivity index (χ2n) is 4.90. The van der Waals surface area contributed by atoms with E-state index in [-0.39, 0.29) is 5.91 Å². The summed E-state index contributed by atoms with van der Waals surface area (Å²) in [5.41, 5.74) is 3.54. The molecule has 4 heteroatoms. The van der Waals surface area contributed by atoms with Gasteiger partial charge in [0.1, 0.15) is 5.75 Å². The molecule has 3 nitrogen and oxygen atoms in total. The lowest BCUT2D eigenvalue weighted by atomic mass is 10.1. The van der Waals surface area contributed by atoms with Gasteiger partial charge in [-0.15, -0.1) is 0 Å². The summed E-state index contributed by atoms with van der Waals surface area (Å²) in [5, 5.41) is 2.93. The molecule has 2 aromatic rings. The Bertz CT molecular complexity index is 648. The van der Waals surface area contributed by atoms with Crippen LogP contribution in [0.15, 0.2) is 40.9 Å². The van der Waals surface area contributed by atoms with E-state index in [1.54, 1.807) is 12.1 Å². The number of ether oxygens (including phenoxy) is 1. The molecule has 0 bridgehead atoms. The minimum Gasteiger partial charge on any atom is -0.493 e. The van der Waals surface area contributed by atoms with Gasteiger partial charge in [-0.1, -0.05) is 22.0 Å². The number of halogens is 1. The van der Waals surface area contributed by atoms with Gasteiger partial charge in [0.05, 0.1) is 12.2 Å². The molecule has 0 saturated carbocycles. The Kier molecular flexibility index (Phi) is 5.02. The second kappa shape index (κ2) is 6.76. The van der Waals surface area contributed by atoms with Gasteiger partial charge in [0.2, 0.25) is 0 Å². The van der Waals surface area contributed by atoms with Crippen LogP contribution < -0.4 is 10.1 Å². The van der Waals surface area contributed by atoms with Gasteiger partial charge in [-0.3, -0.25) is 4.79 Å². The molecule has 0 radical (unpaired) electrons. The van der Waals surface area contributed by atoms with Gasteiger partial charge in [0.15, 0.2) is 0 Å². The van der Waals surface area contributed by atoms with Crippen molar-refractivity contribution in [2.45, 2.75) is 20.8 Å². The Morgan fingerprint density at radius 3 is 2.43 bits per heavy atom. The van der Waals surface area contributed by atoms with E-state index in [1.165, 1.54) is 0 Å². The van der Waals surface area contributed by atoms with Crippen molar-refractivity contribution < 1.29 is 9.53 Å². The molecule has 0 aliphatic carbocycles. The van der Waals surface area contributed by atoms with Crippen molar-refractivity contribution in [1.29, 1.82) is 0 Å². The van der Waals surface area contributed by atoms with Crippen molar-refractivity contribution in [2.75, 3.05) is 11.9 Å². The summed E-state index contributed by atoms with van der Waals surface area (Å²) in [6, 6.07) is 11.4. The van der Waals surface area contributed by atoms with E-state index in [4.69, 9.17) is 4.74 Å². The van der Waals surface area contributed by atoms with Crippen LogP contribution in [0.3, 0.4) is 0 Å². The lowest BCUT2D eigenvalue weighted by molar-refractivity contribution is 0.102. The number of hydrogen-bond donors (Lipinski definition) is 1. The molecule has 0 atom stereocenters. The Balaban J connectivity index is 2.29. The maximum absolute atomic E-state index is 12.5. The molecule has 0 unspecified atom stereocenters. The Hall–Kier alpha value is -1.81. The highest BCUT2D eigenvalue weighted by atomic mass is 79.9. The van der Waals surface area contributed by atoms with Gasteiger partial charge < -0.3 is 10.1 Å². The first-order chi connectivity index (χ1) is 9.99. The third kappa shape index (κ3) is 4.08. The molecule has 0 aromatic heterocycles. The zero-order chi connectivity index (χ0) is 15.4. The van der Waals surface area contributed by atoms with Crippen molar-refractivity contribution >= 4 is 27.5 Å². The third-order valence-electron chi connectivity index (χ3n) is 2.97. The fraction of sp³-hybridized carbons (Fsp3) is 0.235. The molecule has 1 amide bonds. The smallest absolute Gasteiger partial charge is 0.259 e. The molecule has 110 valence electrons. The number of aryl methyl sites for hydroxylation is 2. The predicted octanol–water partition coefficient (Wildman–Crippen LogP) is 4.72. The van der Waals surface area contributed by atoms with E-state index in [2.05, 4.69) is 27.3 Å². The van der Waals surface area contributed by atoms with Crippen molar-refractivity contribution in [2.24, 2.45) is 0 Å². The average molecular weight is 348 g/mol. The lowest BCUT2D eigenvalue weighted by Crippen LogP contribution is -2.14. The van der Waals surface area contributed by atoms with Crippen molar-refractivity contribution in [1.82, 2.24) is 0 Å². The van der Waals surface area contributed by atoms with Crippen LogP contribution >= 0.6 is 15.9 Å². The maximum Gasteiger partial charge on any atom is 0.259 e. The zero-order valence-corrected chi connectivity index (χ0v) is 14.0. The number of amides is 1. The number of carbonyl (C=O) groups excluding carboxylic acids is 1. The van der Waals surface area contributed by atoms with Crippen LogP contribution in [0.2, 0.25) is 0 Å². The van der Waals surface area contributed by atoms with Gasteiger partial charge in [-0.25, -0.2) is 0 Å². The summed E-state index contributed by atoms with van der Waals surface area (Å²) in [4.78, 5) is 12.5. The van der Waals surface area contributed by atoms with Gasteiger partial charge >= 0.3 is 0 Å². The highest BCUT2D eigenvalue weighted by molar-refractivity contribution is 9.10. The first-order valence-electron chi connectivity index (χ1n) is 6.81. The number of nitrogens with one attached hydrogen (secondary N) is 1. The van der Waals surface area contributed by atoms with Crippen molar-refractivity contribution in [3.8, 4) is 5.75 Å². The Morgan fingerprint density at radius 2 is 1.81 bits per heavy atom. The SMILES string of the molecule is CCOc1ccc(Br)cc1C(=O)Nc1cc(C)cc(C)c1. The quantitative estimate of drug-likeness (QED) is 0.868. The Labute approximate surface area is 133 Å². The van der Waals surface area contributed by atoms with E-state index in [1.807, 2.05) is 39.0 Å². The summed E-state index contributed by atoms with van der Waals surface area (Å²) in [7, 11) is 0. The molecule has 0 aliphatic rings. The molecule has 2 aromatic carbocycles. The minimum absolute atomic E-state index is 0.176. The van der Waals surface area contributed by atoms with E-state index in [0.717, 1.165) is 21.3 Å². The number of anilines is 1. The van der Waals surface area contributed by atoms with E-state index < -0.39 is 0 Å². The molecule has 0 aliphatic heterocycles. The van der Waals surface area contributed by atoms with Crippen LogP contribution in [0.5, 0.6) is 5.75 Å². The van der Waals surface area contributed by atoms with Gasteiger partial charge in [0, 0.05) is 10.2 Å². The zero-order valence-electron chi connectivity index (χ0n) is 12.4. The van der Waals surface area contributed by atoms with E-state index >= 15 is 0 Å². The molecule has 0 saturated heterocycles. The van der Waals surface area contributed by atoms with Crippen LogP contribution in [0.1, 0.15) is 28.4 Å². The molecule has 21 heavy (non-hydrogen) atoms. The molecule has 0 fully saturated rings. The monoisotopic (exact) mass is 347 g/mol. The molecule has 0 spiro atoms. The fourth-order valence-electron chi connectivity index (χ4n) is 2.21. The van der Waals surface area contributed by atoms with Crippen molar-refractivity contribution in [3.05, 3.63) is 57.6 Å². The highest BCUT2D eigenvalue weighted by Gasteiger charge is 2.13. The largest absolute Gasteiger partial charge is 0.493 e. The standard InChI is InChI=1S/C17H18BrNO2/c1-4-21-16-6-5-13(18)10-15(16)17(20)19-14-8-11(2)7-12(3)9-14/h5-10H,4H2,1-3H3,(H,19,20). The number of hydrogen-bond acceptors (Lipinski definition) is 2. The maximum atomic E-state index is 12.5. The van der Waals surface area contributed by atoms with E-state index in [9.17, 15) is 4.79 Å². The van der Waals surface area contributed by atoms with Crippen LogP contribution in [-0.2, 0) is 0 Å². The van der Waals surface area contributed by atoms with Crippen LogP contribution in [-0.4, -0.2) is 12.5 Å². The first kappa shape index (κ1) is 15.6. The first-order valence-corrected chi connectivity index (χ1v) is 7.61. The summed E-state index contributed by atoms with van der Waals surface area (Å²) in [6.45, 7) is 6.43. The van der Waals surface area contributed by atoms with Crippen LogP contribution in [0.25, 0.3) is 0 Å². The topological polar surface area (TPSA) is 38.3 Å². The molecular weight excluding hydrogens is 330 g/mol. The van der Waals surface area contributed by atoms with Crippen LogP contribution in [0, 0.1) is 13.8 Å². The highest BCUT2D eigenvalue weighted by Crippen LogP contribution is 2.25. The molecule has 0 heterocycles. The van der Waals surface area contributed by atoms with Gasteiger partial charge in [0.25, 0.3) is 5.91 Å². The van der Waals surface area contributed by atoms with Crippen LogP contribution in [0.4, 0.5) is 5.69 Å². The van der Waals surface area contributed by atoms with Gasteiger partial charge in [-0.05, 0) is 62.2 Å². The number of carbonyl (C=O) groups is 1. The minimum atomic E-state index is -0.176. The average Bonchev–Trinajstić information content (AvgIpc) is 2.39. The summed E-state index contributed by atoms with van der Waals surface area (Å²) >= 11 is 3.39. The van der Waals surface area contributed by atoms with Gasteiger partial charge in [-0.2, -0.15) is 0 Å². The fourth-order valence-corrected chi connectivity index (χ4v) is 2.57. The number of benzene rings is 2. The summed E-state index contributed by atoms with van der Waals surface area (Å²) < 4.78 is 6.36. The summed E-state index contributed by atoms with van der Waals surface area (Å²) in [5.74, 6) is 0.410. The van der Waals surface area contributed by atoms with E-state index in [0.29, 0.717) is 17.9 Å². The molecule has 2 rings (SSSR count). The Morgan fingerprint density at radius 1 is 1.14 bits per heavy atom. The number of rotatable bonds is 4. The predicted molar refractivity (Wildman–Crippen MR) is 89.2 cm³/mol. The second-order valence-corrected chi connectivity index (χ2v) is 5.82. The molecule has 1 N–H and O–H groups in total. The summed E-state index contributed by atoms with van der Waals surface area (Å²) in [6.07, 6.45) is 0. The molecular formula is C17H18BrNO2. The normalized spacial score (nSPS) is 10.3.